The van der Waals surface area contributed by atoms with Crippen LogP contribution in [0.4, 0.5) is 10.1 Å². The Hall–Kier alpha value is -3.14. The smallest absolute Gasteiger partial charge is 0.244 e. The van der Waals surface area contributed by atoms with E-state index in [0.717, 1.165) is 41.1 Å². The first-order valence-corrected chi connectivity index (χ1v) is 15.4. The summed E-state index contributed by atoms with van der Waals surface area (Å²) in [5.74, 6) is -1.73. The van der Waals surface area contributed by atoms with Crippen LogP contribution in [0, 0.1) is 5.82 Å². The van der Waals surface area contributed by atoms with Gasteiger partial charge in [-0.2, -0.15) is 0 Å². The monoisotopic (exact) mass is 607 g/mol. The maximum atomic E-state index is 14.0. The molecule has 0 fully saturated rings. The average molecular weight is 609 g/mol. The SMILES string of the molecule is CCCCNC(=O)C(Cc1ccccc1)N(Cc1ccccc1Cl)C(=O)CN(c1ccc(F)c(Cl)c1)S(C)(=O)=O. The Labute approximate surface area is 244 Å². The Morgan fingerprint density at radius 2 is 1.65 bits per heavy atom. The van der Waals surface area contributed by atoms with E-state index in [1.54, 1.807) is 24.3 Å². The second-order valence-corrected chi connectivity index (χ2v) is 12.1. The molecule has 7 nitrogen and oxygen atoms in total. The summed E-state index contributed by atoms with van der Waals surface area (Å²) in [6.07, 6.45) is 2.76. The molecule has 1 unspecified atom stereocenters. The number of rotatable bonds is 13. The molecule has 0 aliphatic heterocycles. The third kappa shape index (κ3) is 8.68. The highest BCUT2D eigenvalue weighted by atomic mass is 35.5. The summed E-state index contributed by atoms with van der Waals surface area (Å²) in [5.41, 5.74) is 1.43. The number of hydrogen-bond acceptors (Lipinski definition) is 4. The molecule has 2 amide bonds. The van der Waals surface area contributed by atoms with E-state index < -0.39 is 34.3 Å². The normalized spacial score (nSPS) is 12.0. The maximum absolute atomic E-state index is 14.0. The second kappa shape index (κ2) is 14.5. The zero-order valence-corrected chi connectivity index (χ0v) is 24.6. The van der Waals surface area contributed by atoms with Crippen LogP contribution in [-0.4, -0.2) is 50.5 Å². The molecule has 0 radical (unpaired) electrons. The standard InChI is InChI=1S/C29H32Cl2FN3O4S/c1-3-4-16-33-29(37)27(17-21-10-6-5-7-11-21)34(19-22-12-8-9-13-24(22)30)28(36)20-35(40(2,38)39)23-14-15-26(32)25(31)18-23/h5-15,18,27H,3-4,16-17,19-20H2,1-2H3,(H,33,37). The number of benzene rings is 3. The van der Waals surface area contributed by atoms with Gasteiger partial charge in [0.15, 0.2) is 0 Å². The van der Waals surface area contributed by atoms with Crippen LogP contribution < -0.4 is 9.62 Å². The predicted molar refractivity (Wildman–Crippen MR) is 157 cm³/mol. The summed E-state index contributed by atoms with van der Waals surface area (Å²) in [6.45, 7) is 1.75. The van der Waals surface area contributed by atoms with Gasteiger partial charge in [0, 0.05) is 24.5 Å². The van der Waals surface area contributed by atoms with Crippen LogP contribution in [0.5, 0.6) is 0 Å². The molecule has 40 heavy (non-hydrogen) atoms. The van der Waals surface area contributed by atoms with Crippen LogP contribution in [0.3, 0.4) is 0 Å². The van der Waals surface area contributed by atoms with Gasteiger partial charge in [-0.1, -0.05) is 85.1 Å². The van der Waals surface area contributed by atoms with E-state index in [0.29, 0.717) is 17.1 Å². The minimum atomic E-state index is -4.00. The zero-order valence-electron chi connectivity index (χ0n) is 22.3. The molecule has 0 spiro atoms. The van der Waals surface area contributed by atoms with Crippen molar-refractivity contribution in [2.75, 3.05) is 23.7 Å². The number of sulfonamides is 1. The number of unbranched alkanes of at least 4 members (excludes halogenated alkanes) is 1. The number of anilines is 1. The second-order valence-electron chi connectivity index (χ2n) is 9.33. The number of nitrogens with one attached hydrogen (secondary N) is 1. The molecule has 11 heteroatoms. The molecule has 3 rings (SSSR count). The van der Waals surface area contributed by atoms with Crippen molar-refractivity contribution in [3.8, 4) is 0 Å². The fourth-order valence-electron chi connectivity index (χ4n) is 4.12. The van der Waals surface area contributed by atoms with E-state index in [1.807, 2.05) is 37.3 Å². The Balaban J connectivity index is 2.05. The molecule has 214 valence electrons. The summed E-state index contributed by atoms with van der Waals surface area (Å²) in [4.78, 5) is 28.9. The molecule has 3 aromatic rings. The third-order valence-electron chi connectivity index (χ3n) is 6.27. The minimum Gasteiger partial charge on any atom is -0.354 e. The first-order valence-electron chi connectivity index (χ1n) is 12.8. The van der Waals surface area contributed by atoms with Crippen molar-refractivity contribution in [2.24, 2.45) is 0 Å². The van der Waals surface area contributed by atoms with Crippen molar-refractivity contribution in [1.82, 2.24) is 10.2 Å². The van der Waals surface area contributed by atoms with Gasteiger partial charge in [0.05, 0.1) is 17.0 Å². The van der Waals surface area contributed by atoms with Crippen molar-refractivity contribution >= 4 is 50.7 Å². The van der Waals surface area contributed by atoms with Crippen molar-refractivity contribution < 1.29 is 22.4 Å². The van der Waals surface area contributed by atoms with Crippen molar-refractivity contribution in [2.45, 2.75) is 38.8 Å². The molecule has 0 aliphatic carbocycles. The molecule has 0 aliphatic rings. The maximum Gasteiger partial charge on any atom is 0.244 e. The van der Waals surface area contributed by atoms with E-state index in [2.05, 4.69) is 5.32 Å². The number of carbonyl (C=O) groups is 2. The summed E-state index contributed by atoms with van der Waals surface area (Å²) in [7, 11) is -4.00. The van der Waals surface area contributed by atoms with Crippen molar-refractivity contribution in [1.29, 1.82) is 0 Å². The Bertz CT molecular complexity index is 1420. The Morgan fingerprint density at radius 1 is 0.975 bits per heavy atom. The van der Waals surface area contributed by atoms with Crippen molar-refractivity contribution in [3.63, 3.8) is 0 Å². The topological polar surface area (TPSA) is 86.8 Å². The Morgan fingerprint density at radius 3 is 2.27 bits per heavy atom. The summed E-state index contributed by atoms with van der Waals surface area (Å²) in [6, 6.07) is 18.6. The van der Waals surface area contributed by atoms with Gasteiger partial charge in [-0.25, -0.2) is 12.8 Å². The quantitative estimate of drug-likeness (QED) is 0.262. The molecule has 1 atom stereocenters. The van der Waals surface area contributed by atoms with E-state index in [-0.39, 0.29) is 29.6 Å². The number of hydrogen-bond donors (Lipinski definition) is 1. The molecule has 0 saturated heterocycles. The predicted octanol–water partition coefficient (Wildman–Crippen LogP) is 5.45. The lowest BCUT2D eigenvalue weighted by atomic mass is 10.0. The molecule has 0 bridgehead atoms. The van der Waals surface area contributed by atoms with E-state index in [1.165, 1.54) is 11.0 Å². The number of carbonyl (C=O) groups excluding carboxylic acids is 2. The lowest BCUT2D eigenvalue weighted by molar-refractivity contribution is -0.140. The van der Waals surface area contributed by atoms with Crippen LogP contribution in [0.15, 0.2) is 72.8 Å². The van der Waals surface area contributed by atoms with Crippen LogP contribution in [-0.2, 0) is 32.6 Å². The average Bonchev–Trinajstić information content (AvgIpc) is 2.91. The fraction of sp³-hybridized carbons (Fsp3) is 0.310. The fourth-order valence-corrected chi connectivity index (χ4v) is 5.34. The molecule has 0 heterocycles. The van der Waals surface area contributed by atoms with Gasteiger partial charge in [-0.05, 0) is 41.8 Å². The van der Waals surface area contributed by atoms with Crippen LogP contribution in [0.1, 0.15) is 30.9 Å². The molecular formula is C29H32Cl2FN3O4S. The molecular weight excluding hydrogens is 576 g/mol. The van der Waals surface area contributed by atoms with Gasteiger partial charge in [0.2, 0.25) is 21.8 Å². The van der Waals surface area contributed by atoms with Gasteiger partial charge in [-0.15, -0.1) is 0 Å². The zero-order chi connectivity index (χ0) is 29.3. The van der Waals surface area contributed by atoms with Gasteiger partial charge >= 0.3 is 0 Å². The Kier molecular flexibility index (Phi) is 11.4. The van der Waals surface area contributed by atoms with Crippen LogP contribution in [0.25, 0.3) is 0 Å². The van der Waals surface area contributed by atoms with E-state index >= 15 is 0 Å². The number of halogens is 3. The molecule has 0 aromatic heterocycles. The first kappa shape index (κ1) is 31.4. The highest BCUT2D eigenvalue weighted by Crippen LogP contribution is 2.26. The largest absolute Gasteiger partial charge is 0.354 e. The lowest BCUT2D eigenvalue weighted by Gasteiger charge is -2.33. The van der Waals surface area contributed by atoms with Crippen molar-refractivity contribution in [3.05, 3.63) is 99.8 Å². The summed E-state index contributed by atoms with van der Waals surface area (Å²) < 4.78 is 40.2. The molecule has 1 N–H and O–H groups in total. The van der Waals surface area contributed by atoms with Gasteiger partial charge in [-0.3, -0.25) is 13.9 Å². The third-order valence-corrected chi connectivity index (χ3v) is 8.07. The van der Waals surface area contributed by atoms with Crippen LogP contribution >= 0.6 is 23.2 Å². The van der Waals surface area contributed by atoms with E-state index in [9.17, 15) is 22.4 Å². The lowest BCUT2D eigenvalue weighted by Crippen LogP contribution is -2.53. The van der Waals surface area contributed by atoms with Gasteiger partial charge in [0.1, 0.15) is 18.4 Å². The van der Waals surface area contributed by atoms with Crippen LogP contribution in [0.2, 0.25) is 10.0 Å². The number of nitrogens with zero attached hydrogens (tertiary/aromatic N) is 2. The summed E-state index contributed by atoms with van der Waals surface area (Å²) in [5, 5.41) is 3.02. The molecule has 3 aromatic carbocycles. The number of amides is 2. The summed E-state index contributed by atoms with van der Waals surface area (Å²) >= 11 is 12.3. The van der Waals surface area contributed by atoms with Gasteiger partial charge in [0.25, 0.3) is 0 Å². The highest BCUT2D eigenvalue weighted by molar-refractivity contribution is 7.92. The minimum absolute atomic E-state index is 0.0203. The first-order chi connectivity index (χ1) is 19.0. The molecule has 0 saturated carbocycles. The van der Waals surface area contributed by atoms with E-state index in [4.69, 9.17) is 23.2 Å². The van der Waals surface area contributed by atoms with Gasteiger partial charge < -0.3 is 10.2 Å². The highest BCUT2D eigenvalue weighted by Gasteiger charge is 2.33.